The van der Waals surface area contributed by atoms with Crippen LogP contribution in [-0.4, -0.2) is 33.7 Å². The van der Waals surface area contributed by atoms with Crippen LogP contribution >= 0.6 is 0 Å². The van der Waals surface area contributed by atoms with Crippen LogP contribution in [0.4, 0.5) is 5.69 Å². The minimum Gasteiger partial charge on any atom is -0.355 e. The molecule has 8 nitrogen and oxygen atoms in total. The summed E-state index contributed by atoms with van der Waals surface area (Å²) in [5.74, 6) is 0.0156. The summed E-state index contributed by atoms with van der Waals surface area (Å²) in [4.78, 5) is 21.8. The second-order valence-corrected chi connectivity index (χ2v) is 6.10. The lowest BCUT2D eigenvalue weighted by molar-refractivity contribution is -0.384. The van der Waals surface area contributed by atoms with Gasteiger partial charge in [0, 0.05) is 62.1 Å². The van der Waals surface area contributed by atoms with E-state index in [9.17, 15) is 14.9 Å². The zero-order valence-corrected chi connectivity index (χ0v) is 14.7. The highest BCUT2D eigenvalue weighted by atomic mass is 16.6. The number of hydrogen-bond donors (Lipinski definition) is 2. The van der Waals surface area contributed by atoms with Gasteiger partial charge in [-0.25, -0.2) is 0 Å². The van der Waals surface area contributed by atoms with E-state index >= 15 is 0 Å². The Morgan fingerprint density at radius 1 is 1.28 bits per heavy atom. The van der Waals surface area contributed by atoms with Crippen LogP contribution in [0.15, 0.2) is 30.5 Å². The molecule has 1 heterocycles. The Kier molecular flexibility index (Phi) is 6.24. The van der Waals surface area contributed by atoms with E-state index in [2.05, 4.69) is 15.7 Å². The summed E-state index contributed by atoms with van der Waals surface area (Å²) in [5, 5.41) is 21.3. The maximum atomic E-state index is 11.5. The molecule has 134 valence electrons. The largest absolute Gasteiger partial charge is 0.355 e. The third-order valence-electron chi connectivity index (χ3n) is 3.70. The number of nitro groups is 1. The molecular weight excluding hydrogens is 322 g/mol. The molecule has 0 aliphatic carbocycles. The quantitative estimate of drug-likeness (QED) is 0.432. The van der Waals surface area contributed by atoms with Gasteiger partial charge in [0.05, 0.1) is 10.6 Å². The van der Waals surface area contributed by atoms with Gasteiger partial charge in [-0.3, -0.25) is 19.6 Å². The number of nitrogens with one attached hydrogen (secondary N) is 2. The summed E-state index contributed by atoms with van der Waals surface area (Å²) in [6.07, 6.45) is 1.91. The number of aryl methyl sites for hydroxylation is 1. The molecule has 1 amide bonds. The summed E-state index contributed by atoms with van der Waals surface area (Å²) in [6, 6.07) is 6.35. The molecule has 0 unspecified atom stereocenters. The number of carbonyl (C=O) groups is 1. The van der Waals surface area contributed by atoms with Gasteiger partial charge in [0.15, 0.2) is 0 Å². The second kappa shape index (κ2) is 8.39. The molecule has 0 aliphatic heterocycles. The predicted octanol–water partition coefficient (Wildman–Crippen LogP) is 1.86. The average molecular weight is 345 g/mol. The van der Waals surface area contributed by atoms with Gasteiger partial charge in [0.2, 0.25) is 5.91 Å². The molecule has 0 aliphatic rings. The van der Waals surface area contributed by atoms with E-state index in [1.165, 1.54) is 12.1 Å². The van der Waals surface area contributed by atoms with Gasteiger partial charge in [-0.2, -0.15) is 5.10 Å². The molecule has 0 saturated carbocycles. The number of carbonyl (C=O) groups excluding carboxylic acids is 1. The first-order valence-electron chi connectivity index (χ1n) is 8.14. The molecule has 0 radical (unpaired) electrons. The van der Waals surface area contributed by atoms with Gasteiger partial charge in [0.25, 0.3) is 5.69 Å². The van der Waals surface area contributed by atoms with Crippen LogP contribution < -0.4 is 10.6 Å². The molecule has 2 N–H and O–H groups in total. The molecular formula is C17H23N5O3. The Balaban J connectivity index is 1.96. The van der Waals surface area contributed by atoms with Crippen molar-refractivity contribution in [2.45, 2.75) is 20.4 Å². The Morgan fingerprint density at radius 2 is 1.96 bits per heavy atom. The van der Waals surface area contributed by atoms with Crippen LogP contribution in [0.25, 0.3) is 11.3 Å². The predicted molar refractivity (Wildman–Crippen MR) is 94.9 cm³/mol. The average Bonchev–Trinajstić information content (AvgIpc) is 2.95. The normalized spacial score (nSPS) is 10.9. The van der Waals surface area contributed by atoms with Crippen molar-refractivity contribution in [1.82, 2.24) is 20.4 Å². The molecule has 0 spiro atoms. The smallest absolute Gasteiger partial charge is 0.269 e. The fourth-order valence-electron chi connectivity index (χ4n) is 2.35. The monoisotopic (exact) mass is 345 g/mol. The molecule has 0 saturated heterocycles. The number of rotatable bonds is 8. The number of aromatic nitrogens is 2. The lowest BCUT2D eigenvalue weighted by Crippen LogP contribution is -2.34. The Labute approximate surface area is 146 Å². The third kappa shape index (κ3) is 5.12. The molecule has 1 aromatic carbocycles. The molecule has 1 aromatic heterocycles. The van der Waals surface area contributed by atoms with Crippen LogP contribution in [0, 0.1) is 16.0 Å². The molecule has 2 rings (SSSR count). The maximum Gasteiger partial charge on any atom is 0.269 e. The Bertz CT molecular complexity index is 737. The fourth-order valence-corrected chi connectivity index (χ4v) is 2.35. The second-order valence-electron chi connectivity index (χ2n) is 6.10. The Hall–Kier alpha value is -2.74. The summed E-state index contributed by atoms with van der Waals surface area (Å²) >= 11 is 0. The van der Waals surface area contributed by atoms with Crippen molar-refractivity contribution < 1.29 is 9.72 Å². The Morgan fingerprint density at radius 3 is 2.56 bits per heavy atom. The lowest BCUT2D eigenvalue weighted by Gasteiger charge is -2.08. The highest BCUT2D eigenvalue weighted by Gasteiger charge is 2.12. The minimum atomic E-state index is -0.421. The van der Waals surface area contributed by atoms with Crippen molar-refractivity contribution in [2.75, 3.05) is 13.1 Å². The number of benzene rings is 1. The highest BCUT2D eigenvalue weighted by Crippen LogP contribution is 2.24. The van der Waals surface area contributed by atoms with Crippen molar-refractivity contribution in [3.05, 3.63) is 46.1 Å². The molecule has 0 bridgehead atoms. The van der Waals surface area contributed by atoms with Crippen LogP contribution in [0.3, 0.4) is 0 Å². The summed E-state index contributed by atoms with van der Waals surface area (Å²) in [7, 11) is 1.83. The van der Waals surface area contributed by atoms with Crippen molar-refractivity contribution >= 4 is 11.6 Å². The zero-order chi connectivity index (χ0) is 18.4. The number of nitro benzene ring substituents is 1. The van der Waals surface area contributed by atoms with Gasteiger partial charge >= 0.3 is 0 Å². The summed E-state index contributed by atoms with van der Waals surface area (Å²) in [6.45, 7) is 5.51. The molecule has 0 atom stereocenters. The summed E-state index contributed by atoms with van der Waals surface area (Å²) in [5.41, 5.74) is 2.67. The highest BCUT2D eigenvalue weighted by molar-refractivity contribution is 5.77. The van der Waals surface area contributed by atoms with E-state index in [4.69, 9.17) is 0 Å². The van der Waals surface area contributed by atoms with Crippen LogP contribution in [0.2, 0.25) is 0 Å². The van der Waals surface area contributed by atoms with E-state index < -0.39 is 4.92 Å². The summed E-state index contributed by atoms with van der Waals surface area (Å²) < 4.78 is 1.72. The number of non-ortho nitro benzene ring substituents is 1. The minimum absolute atomic E-state index is 0.0212. The fraction of sp³-hybridized carbons (Fsp3) is 0.412. The van der Waals surface area contributed by atoms with E-state index in [1.54, 1.807) is 16.8 Å². The zero-order valence-electron chi connectivity index (χ0n) is 14.7. The SMILES string of the molecule is CC(C)C(=O)NCCNCc1cn(C)nc1-c1ccc([N+](=O)[O-])cc1. The van der Waals surface area contributed by atoms with Crippen molar-refractivity contribution in [3.63, 3.8) is 0 Å². The third-order valence-corrected chi connectivity index (χ3v) is 3.70. The maximum absolute atomic E-state index is 11.5. The first-order valence-corrected chi connectivity index (χ1v) is 8.14. The number of nitrogens with zero attached hydrogens (tertiary/aromatic N) is 3. The van der Waals surface area contributed by atoms with E-state index in [0.717, 1.165) is 16.8 Å². The van der Waals surface area contributed by atoms with Gasteiger partial charge < -0.3 is 10.6 Å². The van der Waals surface area contributed by atoms with Gasteiger partial charge in [0.1, 0.15) is 0 Å². The van der Waals surface area contributed by atoms with Crippen molar-refractivity contribution in [1.29, 1.82) is 0 Å². The lowest BCUT2D eigenvalue weighted by atomic mass is 10.1. The van der Waals surface area contributed by atoms with E-state index in [1.807, 2.05) is 27.1 Å². The first kappa shape index (κ1) is 18.6. The first-order chi connectivity index (χ1) is 11.9. The van der Waals surface area contributed by atoms with E-state index in [-0.39, 0.29) is 17.5 Å². The van der Waals surface area contributed by atoms with Crippen molar-refractivity contribution in [2.24, 2.45) is 13.0 Å². The van der Waals surface area contributed by atoms with Crippen LogP contribution in [-0.2, 0) is 18.4 Å². The molecule has 2 aromatic rings. The van der Waals surface area contributed by atoms with Gasteiger partial charge in [-0.15, -0.1) is 0 Å². The van der Waals surface area contributed by atoms with Crippen LogP contribution in [0.5, 0.6) is 0 Å². The standard InChI is InChI=1S/C17H23N5O3/c1-12(2)17(23)19-9-8-18-10-14-11-21(3)20-16(14)13-4-6-15(7-5-13)22(24)25/h4-7,11-12,18H,8-10H2,1-3H3,(H,19,23). The van der Waals surface area contributed by atoms with Gasteiger partial charge in [-0.05, 0) is 12.1 Å². The van der Waals surface area contributed by atoms with E-state index in [0.29, 0.717) is 19.6 Å². The number of hydrogen-bond acceptors (Lipinski definition) is 5. The molecule has 0 fully saturated rings. The molecule has 8 heteroatoms. The van der Waals surface area contributed by atoms with Crippen LogP contribution in [0.1, 0.15) is 19.4 Å². The van der Waals surface area contributed by atoms with Crippen molar-refractivity contribution in [3.8, 4) is 11.3 Å². The molecule has 25 heavy (non-hydrogen) atoms. The topological polar surface area (TPSA) is 102 Å². The number of amides is 1. The van der Waals surface area contributed by atoms with Gasteiger partial charge in [-0.1, -0.05) is 13.8 Å².